The van der Waals surface area contributed by atoms with Crippen LogP contribution >= 0.6 is 0 Å². The molecular formula is C43H54F3N5O6. The number of alkyl halides is 3. The Morgan fingerprint density at radius 2 is 1.33 bits per heavy atom. The van der Waals surface area contributed by atoms with Gasteiger partial charge in [0.2, 0.25) is 5.91 Å². The Hall–Kier alpha value is -4.76. The largest absolute Gasteiger partial charge is 0.493 e. The highest BCUT2D eigenvalue weighted by Gasteiger charge is 2.34. The van der Waals surface area contributed by atoms with E-state index in [0.717, 1.165) is 54.6 Å². The number of piperidine rings is 1. The Balaban J connectivity index is 1.26. The number of halogens is 3. The van der Waals surface area contributed by atoms with Gasteiger partial charge in [-0.25, -0.2) is 0 Å². The summed E-state index contributed by atoms with van der Waals surface area (Å²) in [4.78, 5) is 43.2. The van der Waals surface area contributed by atoms with Crippen LogP contribution in [0.2, 0.25) is 0 Å². The van der Waals surface area contributed by atoms with Crippen molar-refractivity contribution < 1.29 is 42.5 Å². The maximum atomic E-state index is 14.6. The topological polar surface area (TPSA) is 126 Å². The van der Waals surface area contributed by atoms with Gasteiger partial charge in [0.1, 0.15) is 5.75 Å². The van der Waals surface area contributed by atoms with E-state index in [2.05, 4.69) is 10.2 Å². The number of hydrogen-bond donors (Lipinski definition) is 3. The lowest BCUT2D eigenvalue weighted by Crippen LogP contribution is -2.43. The van der Waals surface area contributed by atoms with E-state index < -0.39 is 23.7 Å². The molecule has 14 heteroatoms. The standard InChI is InChI=1S/C43H54F3N5O6/c1-32-33(12-8-13-37(32)34-10-4-2-5-11-34)14-15-35-27-39(36(26-38(35)43(44,45)46)28-48-17-6-3-7-18-48)57-25-9-16-47-40(52)29-49-19-21-50(30-41(53)54)23-24-51(22-20-49)31-42(55)56/h2,4-5,8,10-15,26-27H,3,6-7,9,16-25,28-31H2,1H3,(H,47,52)(H,53,54)(H,55,56)/b15-14+. The number of carbonyl (C=O) groups is 3. The van der Waals surface area contributed by atoms with Crippen LogP contribution in [0.5, 0.6) is 5.75 Å². The number of carboxylic acid groups (broad SMARTS) is 2. The van der Waals surface area contributed by atoms with E-state index in [1.54, 1.807) is 15.9 Å². The summed E-state index contributed by atoms with van der Waals surface area (Å²) in [5.41, 5.74) is 3.54. The van der Waals surface area contributed by atoms with Gasteiger partial charge < -0.3 is 20.3 Å². The maximum Gasteiger partial charge on any atom is 0.417 e. The number of rotatable bonds is 16. The second-order valence-corrected chi connectivity index (χ2v) is 14.8. The number of carbonyl (C=O) groups excluding carboxylic acids is 1. The van der Waals surface area contributed by atoms with E-state index in [9.17, 15) is 37.8 Å². The Labute approximate surface area is 332 Å². The van der Waals surface area contributed by atoms with Crippen molar-refractivity contribution in [2.24, 2.45) is 0 Å². The molecule has 308 valence electrons. The summed E-state index contributed by atoms with van der Waals surface area (Å²) in [6, 6.07) is 18.3. The molecule has 0 aromatic heterocycles. The number of nitrogens with one attached hydrogen (secondary N) is 1. The van der Waals surface area contributed by atoms with Crippen LogP contribution in [0.1, 0.15) is 53.5 Å². The first kappa shape index (κ1) is 43.4. The molecule has 2 aliphatic rings. The summed E-state index contributed by atoms with van der Waals surface area (Å²) in [7, 11) is 0. The third-order valence-electron chi connectivity index (χ3n) is 10.5. The number of nitrogens with zero attached hydrogens (tertiary/aromatic N) is 4. The molecule has 0 unspecified atom stereocenters. The van der Waals surface area contributed by atoms with E-state index >= 15 is 0 Å². The number of aliphatic carboxylic acids is 2. The second-order valence-electron chi connectivity index (χ2n) is 14.8. The summed E-state index contributed by atoms with van der Waals surface area (Å²) in [6.45, 7) is 6.53. The molecule has 1 amide bonds. The lowest BCUT2D eigenvalue weighted by atomic mass is 9.95. The van der Waals surface area contributed by atoms with Crippen molar-refractivity contribution in [1.29, 1.82) is 0 Å². The number of ether oxygens (including phenoxy) is 1. The van der Waals surface area contributed by atoms with Crippen LogP contribution in [-0.4, -0.2) is 133 Å². The summed E-state index contributed by atoms with van der Waals surface area (Å²) in [6.07, 6.45) is 2.12. The van der Waals surface area contributed by atoms with Gasteiger partial charge >= 0.3 is 18.1 Å². The molecule has 0 atom stereocenters. The molecule has 0 saturated carbocycles. The van der Waals surface area contributed by atoms with Crippen LogP contribution in [-0.2, 0) is 27.1 Å². The normalized spacial score (nSPS) is 16.8. The predicted molar refractivity (Wildman–Crippen MR) is 214 cm³/mol. The molecule has 2 fully saturated rings. The molecular weight excluding hydrogens is 739 g/mol. The minimum atomic E-state index is -4.59. The molecule has 2 saturated heterocycles. The van der Waals surface area contributed by atoms with Crippen molar-refractivity contribution >= 4 is 30.0 Å². The van der Waals surface area contributed by atoms with Crippen LogP contribution < -0.4 is 10.1 Å². The number of carboxylic acids is 2. The van der Waals surface area contributed by atoms with Crippen molar-refractivity contribution in [2.75, 3.05) is 85.1 Å². The molecule has 0 bridgehead atoms. The highest BCUT2D eigenvalue weighted by atomic mass is 19.4. The van der Waals surface area contributed by atoms with Crippen molar-refractivity contribution in [3.05, 3.63) is 88.5 Å². The predicted octanol–water partition coefficient (Wildman–Crippen LogP) is 5.81. The third-order valence-corrected chi connectivity index (χ3v) is 10.5. The minimum absolute atomic E-state index is 0.00519. The lowest BCUT2D eigenvalue weighted by molar-refractivity contribution is -0.140. The van der Waals surface area contributed by atoms with Crippen LogP contribution in [0.15, 0.2) is 60.7 Å². The molecule has 57 heavy (non-hydrogen) atoms. The van der Waals surface area contributed by atoms with E-state index in [1.165, 1.54) is 18.2 Å². The Morgan fingerprint density at radius 3 is 1.93 bits per heavy atom. The van der Waals surface area contributed by atoms with Gasteiger partial charge in [-0.15, -0.1) is 0 Å². The Kier molecular flexibility index (Phi) is 16.1. The van der Waals surface area contributed by atoms with Gasteiger partial charge in [-0.3, -0.25) is 34.0 Å². The number of hydrogen-bond acceptors (Lipinski definition) is 8. The number of amides is 1. The molecule has 3 N–H and O–H groups in total. The fourth-order valence-corrected chi connectivity index (χ4v) is 7.37. The smallest absolute Gasteiger partial charge is 0.417 e. The summed E-state index contributed by atoms with van der Waals surface area (Å²) in [5.74, 6) is -1.83. The minimum Gasteiger partial charge on any atom is -0.493 e. The first-order chi connectivity index (χ1) is 27.4. The summed E-state index contributed by atoms with van der Waals surface area (Å²) < 4.78 is 50.1. The zero-order chi connectivity index (χ0) is 40.8. The molecule has 0 aliphatic carbocycles. The van der Waals surface area contributed by atoms with Gasteiger partial charge in [-0.2, -0.15) is 13.2 Å². The average Bonchev–Trinajstić information content (AvgIpc) is 3.25. The van der Waals surface area contributed by atoms with Gasteiger partial charge in [-0.05, 0) is 79.2 Å². The van der Waals surface area contributed by atoms with Crippen LogP contribution in [0.4, 0.5) is 13.2 Å². The van der Waals surface area contributed by atoms with Crippen molar-refractivity contribution in [3.8, 4) is 16.9 Å². The molecule has 0 radical (unpaired) electrons. The molecule has 2 aliphatic heterocycles. The van der Waals surface area contributed by atoms with Gasteiger partial charge in [0.05, 0.1) is 31.8 Å². The van der Waals surface area contributed by atoms with Crippen LogP contribution in [0, 0.1) is 6.92 Å². The van der Waals surface area contributed by atoms with Crippen molar-refractivity contribution in [1.82, 2.24) is 24.9 Å². The van der Waals surface area contributed by atoms with Crippen molar-refractivity contribution in [3.63, 3.8) is 0 Å². The molecule has 0 spiro atoms. The molecule has 5 rings (SSSR count). The van der Waals surface area contributed by atoms with E-state index in [1.807, 2.05) is 60.4 Å². The fourth-order valence-electron chi connectivity index (χ4n) is 7.37. The van der Waals surface area contributed by atoms with Crippen LogP contribution in [0.25, 0.3) is 23.3 Å². The highest BCUT2D eigenvalue weighted by molar-refractivity contribution is 5.79. The second kappa shape index (κ2) is 21.1. The van der Waals surface area contributed by atoms with Crippen LogP contribution in [0.3, 0.4) is 0 Å². The number of benzene rings is 3. The zero-order valence-corrected chi connectivity index (χ0v) is 32.6. The van der Waals surface area contributed by atoms with Crippen molar-refractivity contribution in [2.45, 2.75) is 45.3 Å². The Bertz CT molecular complexity index is 1810. The first-order valence-corrected chi connectivity index (χ1v) is 19.7. The zero-order valence-electron chi connectivity index (χ0n) is 32.6. The SMILES string of the molecule is Cc1c(/C=C/c2cc(OCCCNC(=O)CN3CCN(CC(=O)O)CCN(CC(=O)O)CC3)c(CN3CCCCC3)cc2C(F)(F)F)cccc1-c1ccccc1. The van der Waals surface area contributed by atoms with Gasteiger partial charge in [0.15, 0.2) is 0 Å². The number of likely N-dealkylation sites (tertiary alicyclic amines) is 1. The Morgan fingerprint density at radius 1 is 0.737 bits per heavy atom. The lowest BCUT2D eigenvalue weighted by Gasteiger charge is -2.28. The third kappa shape index (κ3) is 13.7. The quantitative estimate of drug-likeness (QED) is 0.121. The molecule has 2 heterocycles. The van der Waals surface area contributed by atoms with E-state index in [4.69, 9.17) is 4.74 Å². The van der Waals surface area contributed by atoms with E-state index in [0.29, 0.717) is 63.5 Å². The summed E-state index contributed by atoms with van der Waals surface area (Å²) >= 11 is 0. The van der Waals surface area contributed by atoms with Gasteiger partial charge in [0.25, 0.3) is 0 Å². The maximum absolute atomic E-state index is 14.6. The van der Waals surface area contributed by atoms with Gasteiger partial charge in [0, 0.05) is 57.9 Å². The molecule has 3 aromatic rings. The average molecular weight is 794 g/mol. The summed E-state index contributed by atoms with van der Waals surface area (Å²) in [5, 5.41) is 21.5. The molecule has 11 nitrogen and oxygen atoms in total. The monoisotopic (exact) mass is 793 g/mol. The fraction of sp³-hybridized carbons (Fsp3) is 0.465. The first-order valence-electron chi connectivity index (χ1n) is 19.7. The molecule has 3 aromatic carbocycles. The van der Waals surface area contributed by atoms with E-state index in [-0.39, 0.29) is 44.3 Å². The highest BCUT2D eigenvalue weighted by Crippen LogP contribution is 2.38. The van der Waals surface area contributed by atoms with Gasteiger partial charge in [-0.1, -0.05) is 67.1 Å².